The van der Waals surface area contributed by atoms with E-state index in [0.717, 1.165) is 5.56 Å². The maximum Gasteiger partial charge on any atom is 0.317 e. The molecule has 1 aromatic carbocycles. The first-order chi connectivity index (χ1) is 10.4. The first-order valence-corrected chi connectivity index (χ1v) is 7.43. The molecule has 0 unspecified atom stereocenters. The summed E-state index contributed by atoms with van der Waals surface area (Å²) in [5.41, 5.74) is 0.817. The number of benzene rings is 1. The molecule has 120 valence electrons. The Hall–Kier alpha value is -1.95. The molecule has 0 bridgehead atoms. The van der Waals surface area contributed by atoms with Gasteiger partial charge >= 0.3 is 5.97 Å². The van der Waals surface area contributed by atoms with Crippen LogP contribution in [0.25, 0.3) is 0 Å². The highest BCUT2D eigenvalue weighted by molar-refractivity contribution is 5.94. The number of aryl methyl sites for hydroxylation is 1. The van der Waals surface area contributed by atoms with Crippen molar-refractivity contribution in [1.82, 2.24) is 10.2 Å². The van der Waals surface area contributed by atoms with Gasteiger partial charge in [0.05, 0.1) is 12.1 Å². The molecule has 1 aromatic rings. The van der Waals surface area contributed by atoms with Crippen molar-refractivity contribution in [3.05, 3.63) is 35.1 Å². The van der Waals surface area contributed by atoms with Gasteiger partial charge in [-0.15, -0.1) is 0 Å². The van der Waals surface area contributed by atoms with Crippen molar-refractivity contribution in [2.75, 3.05) is 13.1 Å². The highest BCUT2D eigenvalue weighted by Crippen LogP contribution is 2.26. The SMILES string of the molecule is CCN(CC(=O)O)C1CC(NC(=O)c2ccc(C)cc2F)C1. The van der Waals surface area contributed by atoms with E-state index in [9.17, 15) is 14.0 Å². The summed E-state index contributed by atoms with van der Waals surface area (Å²) in [4.78, 5) is 24.7. The lowest BCUT2D eigenvalue weighted by atomic mass is 9.85. The number of carboxylic acids is 1. The number of aliphatic carboxylic acids is 1. The quantitative estimate of drug-likeness (QED) is 0.841. The molecule has 0 heterocycles. The predicted molar refractivity (Wildman–Crippen MR) is 80.3 cm³/mol. The van der Waals surface area contributed by atoms with Crippen LogP contribution in [0, 0.1) is 12.7 Å². The van der Waals surface area contributed by atoms with Crippen LogP contribution in [0.4, 0.5) is 4.39 Å². The summed E-state index contributed by atoms with van der Waals surface area (Å²) < 4.78 is 13.7. The molecule has 0 spiro atoms. The van der Waals surface area contributed by atoms with E-state index in [2.05, 4.69) is 5.32 Å². The van der Waals surface area contributed by atoms with Gasteiger partial charge in [-0.2, -0.15) is 0 Å². The Morgan fingerprint density at radius 3 is 2.64 bits per heavy atom. The Morgan fingerprint density at radius 2 is 2.09 bits per heavy atom. The lowest BCUT2D eigenvalue weighted by molar-refractivity contribution is -0.139. The number of carbonyl (C=O) groups is 2. The average molecular weight is 308 g/mol. The van der Waals surface area contributed by atoms with Crippen LogP contribution in [0.3, 0.4) is 0 Å². The van der Waals surface area contributed by atoms with Gasteiger partial charge in [0.1, 0.15) is 5.82 Å². The third-order valence-electron chi connectivity index (χ3n) is 4.08. The number of nitrogens with zero attached hydrogens (tertiary/aromatic N) is 1. The standard InChI is InChI=1S/C16H21FN2O3/c1-3-19(9-15(20)21)12-7-11(8-12)18-16(22)13-5-4-10(2)6-14(13)17/h4-6,11-12H,3,7-9H2,1-2H3,(H,18,22)(H,20,21). The Labute approximate surface area is 129 Å². The van der Waals surface area contributed by atoms with Crippen molar-refractivity contribution >= 4 is 11.9 Å². The molecule has 5 nitrogen and oxygen atoms in total. The molecule has 1 fully saturated rings. The Balaban J connectivity index is 1.86. The van der Waals surface area contributed by atoms with Gasteiger partial charge in [-0.25, -0.2) is 4.39 Å². The zero-order valence-electron chi connectivity index (χ0n) is 12.8. The fraction of sp³-hybridized carbons (Fsp3) is 0.500. The molecule has 0 atom stereocenters. The van der Waals surface area contributed by atoms with Crippen LogP contribution in [0.15, 0.2) is 18.2 Å². The van der Waals surface area contributed by atoms with Gasteiger partial charge < -0.3 is 10.4 Å². The fourth-order valence-corrected chi connectivity index (χ4v) is 2.74. The number of halogens is 1. The third kappa shape index (κ3) is 3.82. The number of rotatable bonds is 6. The number of carbonyl (C=O) groups excluding carboxylic acids is 1. The molecule has 2 rings (SSSR count). The summed E-state index contributed by atoms with van der Waals surface area (Å²) in [7, 11) is 0. The number of hydrogen-bond donors (Lipinski definition) is 2. The molecule has 0 aliphatic heterocycles. The van der Waals surface area contributed by atoms with E-state index >= 15 is 0 Å². The average Bonchev–Trinajstić information content (AvgIpc) is 2.39. The summed E-state index contributed by atoms with van der Waals surface area (Å²) in [5, 5.41) is 11.6. The number of hydrogen-bond acceptors (Lipinski definition) is 3. The van der Waals surface area contributed by atoms with Crippen molar-refractivity contribution in [2.45, 2.75) is 38.8 Å². The second kappa shape index (κ2) is 6.87. The van der Waals surface area contributed by atoms with E-state index < -0.39 is 17.7 Å². The van der Waals surface area contributed by atoms with E-state index in [1.165, 1.54) is 12.1 Å². The molecule has 1 saturated carbocycles. The second-order valence-corrected chi connectivity index (χ2v) is 5.74. The van der Waals surface area contributed by atoms with Crippen LogP contribution in [-0.4, -0.2) is 47.1 Å². The van der Waals surface area contributed by atoms with Crippen LogP contribution in [0.2, 0.25) is 0 Å². The minimum absolute atomic E-state index is 0.00836. The Morgan fingerprint density at radius 1 is 1.41 bits per heavy atom. The van der Waals surface area contributed by atoms with Crippen molar-refractivity contribution in [1.29, 1.82) is 0 Å². The summed E-state index contributed by atoms with van der Waals surface area (Å²) in [5.74, 6) is -1.78. The molecule has 22 heavy (non-hydrogen) atoms. The molecule has 1 aliphatic rings. The molecule has 0 radical (unpaired) electrons. The molecular weight excluding hydrogens is 287 g/mol. The zero-order valence-corrected chi connectivity index (χ0v) is 12.8. The zero-order chi connectivity index (χ0) is 16.3. The lowest BCUT2D eigenvalue weighted by Crippen LogP contribution is -2.54. The number of likely N-dealkylation sites (N-methyl/N-ethyl adjacent to an activating group) is 1. The molecule has 2 N–H and O–H groups in total. The highest BCUT2D eigenvalue weighted by atomic mass is 19.1. The number of nitrogens with one attached hydrogen (secondary N) is 1. The third-order valence-corrected chi connectivity index (χ3v) is 4.08. The summed E-state index contributed by atoms with van der Waals surface area (Å²) >= 11 is 0. The molecule has 6 heteroatoms. The monoisotopic (exact) mass is 308 g/mol. The first-order valence-electron chi connectivity index (χ1n) is 7.43. The lowest BCUT2D eigenvalue weighted by Gasteiger charge is -2.42. The van der Waals surface area contributed by atoms with E-state index in [1.54, 1.807) is 13.0 Å². The van der Waals surface area contributed by atoms with Crippen LogP contribution >= 0.6 is 0 Å². The van der Waals surface area contributed by atoms with Crippen LogP contribution in [0.5, 0.6) is 0 Å². The number of amides is 1. The molecular formula is C16H21FN2O3. The predicted octanol–water partition coefficient (Wildman–Crippen LogP) is 1.80. The fourth-order valence-electron chi connectivity index (χ4n) is 2.74. The Bertz CT molecular complexity index is 571. The summed E-state index contributed by atoms with van der Waals surface area (Å²) in [6.45, 7) is 4.35. The minimum Gasteiger partial charge on any atom is -0.480 e. The Kier molecular flexibility index (Phi) is 5.13. The minimum atomic E-state index is -0.851. The first kappa shape index (κ1) is 16.4. The van der Waals surface area contributed by atoms with Gasteiger partial charge in [-0.05, 0) is 44.0 Å². The summed E-state index contributed by atoms with van der Waals surface area (Å²) in [6.07, 6.45) is 1.39. The maximum atomic E-state index is 13.7. The smallest absolute Gasteiger partial charge is 0.317 e. The van der Waals surface area contributed by atoms with E-state index in [-0.39, 0.29) is 24.2 Å². The van der Waals surface area contributed by atoms with Gasteiger partial charge in [-0.1, -0.05) is 13.0 Å². The number of carboxylic acid groups (broad SMARTS) is 1. The van der Waals surface area contributed by atoms with Crippen molar-refractivity contribution in [3.63, 3.8) is 0 Å². The highest BCUT2D eigenvalue weighted by Gasteiger charge is 2.35. The van der Waals surface area contributed by atoms with Gasteiger partial charge in [0, 0.05) is 12.1 Å². The van der Waals surface area contributed by atoms with Gasteiger partial charge in [-0.3, -0.25) is 14.5 Å². The van der Waals surface area contributed by atoms with Gasteiger partial charge in [0.25, 0.3) is 5.91 Å². The van der Waals surface area contributed by atoms with Crippen molar-refractivity contribution in [3.8, 4) is 0 Å². The second-order valence-electron chi connectivity index (χ2n) is 5.74. The van der Waals surface area contributed by atoms with Gasteiger partial charge in [0.2, 0.25) is 0 Å². The molecule has 0 aromatic heterocycles. The summed E-state index contributed by atoms with van der Waals surface area (Å²) in [6, 6.07) is 4.66. The van der Waals surface area contributed by atoms with Crippen LogP contribution in [0.1, 0.15) is 35.7 Å². The molecule has 0 saturated heterocycles. The normalized spacial score (nSPS) is 20.5. The van der Waals surface area contributed by atoms with Crippen molar-refractivity contribution < 1.29 is 19.1 Å². The van der Waals surface area contributed by atoms with Crippen LogP contribution in [-0.2, 0) is 4.79 Å². The molecule has 1 amide bonds. The maximum absolute atomic E-state index is 13.7. The van der Waals surface area contributed by atoms with Crippen LogP contribution < -0.4 is 5.32 Å². The topological polar surface area (TPSA) is 69.6 Å². The largest absolute Gasteiger partial charge is 0.480 e. The van der Waals surface area contributed by atoms with Crippen molar-refractivity contribution in [2.24, 2.45) is 0 Å². The van der Waals surface area contributed by atoms with E-state index in [4.69, 9.17) is 5.11 Å². The van der Waals surface area contributed by atoms with Gasteiger partial charge in [0.15, 0.2) is 0 Å². The van der Waals surface area contributed by atoms with E-state index in [1.807, 2.05) is 11.8 Å². The van der Waals surface area contributed by atoms with E-state index in [0.29, 0.717) is 19.4 Å². The molecule has 1 aliphatic carbocycles.